The van der Waals surface area contributed by atoms with Crippen LogP contribution in [0.1, 0.15) is 64.4 Å². The Balaban J connectivity index is 2.06. The fraction of sp³-hybridized carbons (Fsp3) is 0.605. The molecule has 2 aliphatic rings. The highest BCUT2D eigenvalue weighted by Gasteiger charge is 2.41. The SMILES string of the molecule is CC[C@H](C)[C@@H]1NC(=O)[C@H](Cc2ccccc2)NC(=O)[C@@H](N)CSSC[C@@H](C(=O)N2CCC[C@H]2C(=O)N[C@@H](CCCN)C(=O)NCC(N)=O)NC(=O)[C@H](CC(N)=O)NC(=O)[C@H](CC(=O)N(C)C)NC1=O. The van der Waals surface area contributed by atoms with Gasteiger partial charge in [-0.3, -0.25) is 52.7 Å². The fourth-order valence-electron chi connectivity index (χ4n) is 7.22. The van der Waals surface area contributed by atoms with Gasteiger partial charge in [-0.15, -0.1) is 0 Å². The first-order valence-corrected chi connectivity index (χ1v) is 25.1. The van der Waals surface area contributed by atoms with Gasteiger partial charge in [0.05, 0.1) is 25.4 Å². The van der Waals surface area contributed by atoms with Crippen LogP contribution in [-0.4, -0.2) is 168 Å². The maximum Gasteiger partial charge on any atom is 0.246 e. The van der Waals surface area contributed by atoms with Crippen LogP contribution >= 0.6 is 21.6 Å². The Kier molecular flexibility index (Phi) is 23.7. The first-order chi connectivity index (χ1) is 32.7. The largest absolute Gasteiger partial charge is 0.370 e. The zero-order valence-corrected chi connectivity index (χ0v) is 40.9. The first-order valence-electron chi connectivity index (χ1n) is 22.6. The lowest BCUT2D eigenvalue weighted by molar-refractivity contribution is -0.142. The summed E-state index contributed by atoms with van der Waals surface area (Å²) in [5.74, 6) is -9.95. The molecule has 2 heterocycles. The van der Waals surface area contributed by atoms with Gasteiger partial charge in [0, 0.05) is 38.6 Å². The molecule has 69 heavy (non-hydrogen) atoms. The molecule has 11 amide bonds. The summed E-state index contributed by atoms with van der Waals surface area (Å²) >= 11 is 0. The molecule has 3 rings (SSSR count). The third-order valence-corrected chi connectivity index (χ3v) is 13.8. The predicted molar refractivity (Wildman–Crippen MR) is 256 cm³/mol. The van der Waals surface area contributed by atoms with Gasteiger partial charge < -0.3 is 70.0 Å². The summed E-state index contributed by atoms with van der Waals surface area (Å²) in [6.45, 7) is 3.18. The van der Waals surface area contributed by atoms with Crippen LogP contribution < -0.4 is 60.2 Å². The van der Waals surface area contributed by atoms with Crippen molar-refractivity contribution in [2.75, 3.05) is 45.2 Å². The summed E-state index contributed by atoms with van der Waals surface area (Å²) in [6.07, 6.45) is -0.139. The molecule has 15 N–H and O–H groups in total. The summed E-state index contributed by atoms with van der Waals surface area (Å²) in [4.78, 5) is 151. The van der Waals surface area contributed by atoms with Gasteiger partial charge in [-0.1, -0.05) is 72.2 Å². The van der Waals surface area contributed by atoms with Crippen LogP contribution in [0, 0.1) is 5.92 Å². The Morgan fingerprint density at radius 2 is 1.42 bits per heavy atom. The van der Waals surface area contributed by atoms with E-state index in [-0.39, 0.29) is 43.9 Å². The Morgan fingerprint density at radius 1 is 0.812 bits per heavy atom. The van der Waals surface area contributed by atoms with Gasteiger partial charge in [0.25, 0.3) is 0 Å². The minimum atomic E-state index is -1.76. The van der Waals surface area contributed by atoms with E-state index in [0.717, 1.165) is 26.5 Å². The third kappa shape index (κ3) is 18.5. The van der Waals surface area contributed by atoms with Crippen LogP contribution in [0.4, 0.5) is 0 Å². The zero-order valence-electron chi connectivity index (χ0n) is 39.3. The molecule has 0 spiro atoms. The maximum absolute atomic E-state index is 14.5. The van der Waals surface area contributed by atoms with Gasteiger partial charge in [-0.2, -0.15) is 0 Å². The average Bonchev–Trinajstić information content (AvgIpc) is 3.81. The molecule has 0 unspecified atom stereocenters. The molecule has 0 saturated carbocycles. The molecule has 2 fully saturated rings. The number of nitrogens with two attached hydrogens (primary N) is 4. The molecule has 1 aromatic carbocycles. The van der Waals surface area contributed by atoms with Gasteiger partial charge in [0.1, 0.15) is 42.3 Å². The molecular weight excluding hydrogens is 939 g/mol. The molecular formula is C43H67N13O11S2. The van der Waals surface area contributed by atoms with E-state index in [0.29, 0.717) is 24.8 Å². The van der Waals surface area contributed by atoms with Crippen molar-refractivity contribution in [3.05, 3.63) is 35.9 Å². The van der Waals surface area contributed by atoms with E-state index >= 15 is 0 Å². The lowest BCUT2D eigenvalue weighted by atomic mass is 9.96. The summed E-state index contributed by atoms with van der Waals surface area (Å²) in [5.41, 5.74) is 23.4. The quantitative estimate of drug-likeness (QED) is 0.0657. The van der Waals surface area contributed by atoms with Crippen molar-refractivity contribution < 1.29 is 52.7 Å². The number of primary amides is 2. The van der Waals surface area contributed by atoms with Gasteiger partial charge >= 0.3 is 0 Å². The van der Waals surface area contributed by atoms with Crippen molar-refractivity contribution in [1.82, 2.24) is 47.0 Å². The molecule has 0 bridgehead atoms. The number of amides is 11. The topological polar surface area (TPSA) is 383 Å². The number of hydrogen-bond donors (Lipinski definition) is 11. The van der Waals surface area contributed by atoms with E-state index in [1.807, 2.05) is 0 Å². The summed E-state index contributed by atoms with van der Waals surface area (Å²) < 4.78 is 0. The molecule has 24 nitrogen and oxygen atoms in total. The second kappa shape index (κ2) is 28.5. The first kappa shape index (κ1) is 57.3. The number of nitrogens with one attached hydrogen (secondary N) is 7. The Morgan fingerprint density at radius 3 is 2.04 bits per heavy atom. The minimum absolute atomic E-state index is 0.00133. The molecule has 26 heteroatoms. The number of carbonyl (C=O) groups is 11. The van der Waals surface area contributed by atoms with Gasteiger partial charge in [0.15, 0.2) is 0 Å². The van der Waals surface area contributed by atoms with E-state index in [2.05, 4.69) is 37.2 Å². The van der Waals surface area contributed by atoms with Crippen LogP contribution in [0.25, 0.3) is 0 Å². The molecule has 382 valence electrons. The molecule has 0 aliphatic carbocycles. The summed E-state index contributed by atoms with van der Waals surface area (Å²) in [5, 5.41) is 17.9. The standard InChI is InChI=1S/C43H67N13O11S2/c1-5-23(2)35-42(66)52-29(19-34(59)55(3)4)39(63)51-28(18-32(46)57)38(62)53-30(22-69-68-21-25(45)36(60)50-27(40(64)54-35)17-24-11-7-6-8-12-24)43(67)56-16-10-14-31(56)41(65)49-26(13-9-15-44)37(61)48-20-33(47)58/h6-8,11-12,23,25-31,35H,5,9-10,13-22,44-45H2,1-4H3,(H2,46,57)(H2,47,58)(H,48,61)(H,49,65)(H,50,60)(H,51,63)(H,52,66)(H,53,62)(H,54,64)/t23-,25-,26-,27-,28-,29-,30-,31-,35-/m0/s1. The smallest absolute Gasteiger partial charge is 0.246 e. The highest BCUT2D eigenvalue weighted by Crippen LogP contribution is 2.26. The highest BCUT2D eigenvalue weighted by atomic mass is 33.1. The second-order valence-electron chi connectivity index (χ2n) is 17.0. The number of likely N-dealkylation sites (tertiary alicyclic amines) is 1. The lowest BCUT2D eigenvalue weighted by Crippen LogP contribution is -2.62. The molecule has 1 aromatic rings. The van der Waals surface area contributed by atoms with Crippen LogP contribution in [0.2, 0.25) is 0 Å². The van der Waals surface area contributed by atoms with Crippen molar-refractivity contribution in [1.29, 1.82) is 0 Å². The van der Waals surface area contributed by atoms with E-state index in [9.17, 15) is 52.7 Å². The van der Waals surface area contributed by atoms with Gasteiger partial charge in [-0.25, -0.2) is 0 Å². The number of carbonyl (C=O) groups excluding carboxylic acids is 11. The summed E-state index contributed by atoms with van der Waals surface area (Å²) in [6, 6.07) is -2.14. The van der Waals surface area contributed by atoms with E-state index in [1.54, 1.807) is 44.2 Å². The van der Waals surface area contributed by atoms with E-state index < -0.39 is 139 Å². The Labute approximate surface area is 408 Å². The Bertz CT molecular complexity index is 2020. The van der Waals surface area contributed by atoms with Crippen LogP contribution in [-0.2, 0) is 59.2 Å². The third-order valence-electron chi connectivity index (χ3n) is 11.4. The molecule has 9 atom stereocenters. The predicted octanol–water partition coefficient (Wildman–Crippen LogP) is -4.41. The molecule has 0 aromatic heterocycles. The van der Waals surface area contributed by atoms with Crippen LogP contribution in [0.3, 0.4) is 0 Å². The number of nitrogens with zero attached hydrogens (tertiary/aromatic N) is 2. The zero-order chi connectivity index (χ0) is 51.4. The van der Waals surface area contributed by atoms with Crippen molar-refractivity contribution in [3.63, 3.8) is 0 Å². The number of rotatable bonds is 17. The fourth-order valence-corrected chi connectivity index (χ4v) is 9.50. The van der Waals surface area contributed by atoms with E-state index in [4.69, 9.17) is 22.9 Å². The van der Waals surface area contributed by atoms with Crippen molar-refractivity contribution in [2.45, 2.75) is 114 Å². The monoisotopic (exact) mass is 1010 g/mol. The van der Waals surface area contributed by atoms with Crippen molar-refractivity contribution in [3.8, 4) is 0 Å². The molecule has 2 aliphatic heterocycles. The van der Waals surface area contributed by atoms with Gasteiger partial charge in [0.2, 0.25) is 65.0 Å². The summed E-state index contributed by atoms with van der Waals surface area (Å²) in [7, 11) is 4.91. The van der Waals surface area contributed by atoms with Crippen molar-refractivity contribution in [2.24, 2.45) is 28.9 Å². The number of benzene rings is 1. The molecule has 0 radical (unpaired) electrons. The minimum Gasteiger partial charge on any atom is -0.370 e. The lowest BCUT2D eigenvalue weighted by Gasteiger charge is -2.31. The molecule has 2 saturated heterocycles. The number of hydrogen-bond acceptors (Lipinski definition) is 15. The maximum atomic E-state index is 14.5. The Hall–Kier alpha value is -5.99. The van der Waals surface area contributed by atoms with Crippen LogP contribution in [0.5, 0.6) is 0 Å². The highest BCUT2D eigenvalue weighted by molar-refractivity contribution is 8.76. The normalized spacial score (nSPS) is 24.2. The van der Waals surface area contributed by atoms with E-state index in [1.165, 1.54) is 19.0 Å². The van der Waals surface area contributed by atoms with Crippen molar-refractivity contribution >= 4 is 86.6 Å². The van der Waals surface area contributed by atoms with Gasteiger partial charge in [-0.05, 0) is 43.7 Å². The second-order valence-corrected chi connectivity index (χ2v) is 19.6. The van der Waals surface area contributed by atoms with Crippen LogP contribution in [0.15, 0.2) is 30.3 Å². The average molecular weight is 1010 g/mol.